The molecule has 0 aromatic rings. The van der Waals surface area contributed by atoms with Crippen molar-refractivity contribution in [2.24, 2.45) is 11.1 Å². The minimum atomic E-state index is -0.348. The van der Waals surface area contributed by atoms with Crippen LogP contribution in [0.5, 0.6) is 0 Å². The van der Waals surface area contributed by atoms with Crippen molar-refractivity contribution in [1.82, 2.24) is 4.90 Å². The lowest BCUT2D eigenvalue weighted by atomic mass is 9.93. The van der Waals surface area contributed by atoms with Crippen LogP contribution in [-0.2, 0) is 0 Å². The molecule has 0 unspecified atom stereocenters. The van der Waals surface area contributed by atoms with Crippen LogP contribution in [0.15, 0.2) is 0 Å². The fraction of sp³-hybridized carbons (Fsp3) is 1.00. The van der Waals surface area contributed by atoms with E-state index < -0.39 is 0 Å². The van der Waals surface area contributed by atoms with Gasteiger partial charge in [0, 0.05) is 19.6 Å². The molecule has 0 bridgehead atoms. The third kappa shape index (κ3) is 2.73. The first kappa shape index (κ1) is 9.96. The Bertz CT molecular complexity index is 147. The molecule has 0 amide bonds. The number of aliphatic hydroxyl groups is 1. The standard InChI is InChI=1S/C9H20N2O/c1-9(2)3-4-11(7-9)6-8(12)5-10/h8,12H,3-7,10H2,1-2H3/t8-/m0/s1. The number of aliphatic hydroxyl groups excluding tert-OH is 1. The zero-order valence-corrected chi connectivity index (χ0v) is 8.08. The van der Waals surface area contributed by atoms with E-state index in [0.717, 1.165) is 19.6 Å². The Balaban J connectivity index is 2.28. The SMILES string of the molecule is CC1(C)CCN(C[C@@H](O)CN)C1. The zero-order chi connectivity index (χ0) is 9.19. The van der Waals surface area contributed by atoms with Crippen molar-refractivity contribution in [2.45, 2.75) is 26.4 Å². The third-order valence-corrected chi connectivity index (χ3v) is 2.50. The average molecular weight is 172 g/mol. The topological polar surface area (TPSA) is 49.5 Å². The lowest BCUT2D eigenvalue weighted by Gasteiger charge is -2.21. The molecule has 1 aliphatic rings. The van der Waals surface area contributed by atoms with E-state index in [-0.39, 0.29) is 6.10 Å². The largest absolute Gasteiger partial charge is 0.390 e. The van der Waals surface area contributed by atoms with E-state index in [1.54, 1.807) is 0 Å². The minimum absolute atomic E-state index is 0.348. The number of hydrogen-bond donors (Lipinski definition) is 2. The Hall–Kier alpha value is -0.120. The Morgan fingerprint density at radius 2 is 2.25 bits per heavy atom. The second kappa shape index (κ2) is 3.73. The van der Waals surface area contributed by atoms with Crippen molar-refractivity contribution in [3.05, 3.63) is 0 Å². The van der Waals surface area contributed by atoms with E-state index >= 15 is 0 Å². The number of nitrogens with zero attached hydrogens (tertiary/aromatic N) is 1. The highest BCUT2D eigenvalue weighted by Gasteiger charge is 2.29. The molecule has 72 valence electrons. The molecule has 1 rings (SSSR count). The first-order chi connectivity index (χ1) is 5.53. The van der Waals surface area contributed by atoms with Crippen molar-refractivity contribution < 1.29 is 5.11 Å². The van der Waals surface area contributed by atoms with Gasteiger partial charge in [-0.3, -0.25) is 0 Å². The summed E-state index contributed by atoms with van der Waals surface area (Å²) >= 11 is 0. The Morgan fingerprint density at radius 1 is 1.58 bits per heavy atom. The molecular formula is C9H20N2O. The zero-order valence-electron chi connectivity index (χ0n) is 8.08. The van der Waals surface area contributed by atoms with Gasteiger partial charge in [0.25, 0.3) is 0 Å². The fourth-order valence-corrected chi connectivity index (χ4v) is 1.75. The van der Waals surface area contributed by atoms with E-state index in [4.69, 9.17) is 5.73 Å². The first-order valence-corrected chi connectivity index (χ1v) is 4.64. The van der Waals surface area contributed by atoms with Gasteiger partial charge in [-0.05, 0) is 18.4 Å². The average Bonchev–Trinajstić information content (AvgIpc) is 2.30. The van der Waals surface area contributed by atoms with Crippen LogP contribution >= 0.6 is 0 Å². The molecule has 0 saturated carbocycles. The monoisotopic (exact) mass is 172 g/mol. The molecule has 12 heavy (non-hydrogen) atoms. The second-order valence-electron chi connectivity index (χ2n) is 4.54. The summed E-state index contributed by atoms with van der Waals surface area (Å²) in [5, 5.41) is 9.32. The lowest BCUT2D eigenvalue weighted by Crippen LogP contribution is -2.35. The summed E-state index contributed by atoms with van der Waals surface area (Å²) < 4.78 is 0. The predicted molar refractivity (Wildman–Crippen MR) is 49.9 cm³/mol. The molecule has 3 N–H and O–H groups in total. The lowest BCUT2D eigenvalue weighted by molar-refractivity contribution is 0.126. The summed E-state index contributed by atoms with van der Waals surface area (Å²) in [5.74, 6) is 0. The summed E-state index contributed by atoms with van der Waals surface area (Å²) in [7, 11) is 0. The molecule has 1 saturated heterocycles. The molecule has 3 nitrogen and oxygen atoms in total. The quantitative estimate of drug-likeness (QED) is 0.632. The summed E-state index contributed by atoms with van der Waals surface area (Å²) in [5.41, 5.74) is 5.77. The predicted octanol–water partition coefficient (Wildman–Crippen LogP) is 0.0379. The van der Waals surface area contributed by atoms with E-state index in [9.17, 15) is 5.11 Å². The van der Waals surface area contributed by atoms with Crippen LogP contribution < -0.4 is 5.73 Å². The molecule has 1 atom stereocenters. The molecule has 1 fully saturated rings. The smallest absolute Gasteiger partial charge is 0.0789 e. The fourth-order valence-electron chi connectivity index (χ4n) is 1.75. The second-order valence-corrected chi connectivity index (χ2v) is 4.54. The number of hydrogen-bond acceptors (Lipinski definition) is 3. The van der Waals surface area contributed by atoms with Crippen LogP contribution in [0.3, 0.4) is 0 Å². The van der Waals surface area contributed by atoms with Crippen LogP contribution in [0.1, 0.15) is 20.3 Å². The summed E-state index contributed by atoms with van der Waals surface area (Å²) in [4.78, 5) is 2.29. The first-order valence-electron chi connectivity index (χ1n) is 4.64. The molecule has 0 aliphatic carbocycles. The van der Waals surface area contributed by atoms with Gasteiger partial charge >= 0.3 is 0 Å². The maximum atomic E-state index is 9.32. The Morgan fingerprint density at radius 3 is 2.67 bits per heavy atom. The molecule has 3 heteroatoms. The van der Waals surface area contributed by atoms with Gasteiger partial charge in [0.05, 0.1) is 6.10 Å². The van der Waals surface area contributed by atoms with Crippen molar-refractivity contribution >= 4 is 0 Å². The summed E-state index contributed by atoms with van der Waals surface area (Å²) in [6.07, 6.45) is 0.878. The van der Waals surface area contributed by atoms with Gasteiger partial charge in [-0.15, -0.1) is 0 Å². The van der Waals surface area contributed by atoms with Gasteiger partial charge < -0.3 is 15.7 Å². The Labute approximate surface area is 74.5 Å². The molecule has 1 aliphatic heterocycles. The van der Waals surface area contributed by atoms with Crippen LogP contribution in [0.2, 0.25) is 0 Å². The highest BCUT2D eigenvalue weighted by atomic mass is 16.3. The number of likely N-dealkylation sites (tertiary alicyclic amines) is 1. The summed E-state index contributed by atoms with van der Waals surface area (Å²) in [6.45, 7) is 7.83. The van der Waals surface area contributed by atoms with Gasteiger partial charge in [0.1, 0.15) is 0 Å². The van der Waals surface area contributed by atoms with E-state index in [1.807, 2.05) is 0 Å². The molecule has 0 aromatic heterocycles. The van der Waals surface area contributed by atoms with Crippen molar-refractivity contribution in [1.29, 1.82) is 0 Å². The van der Waals surface area contributed by atoms with Crippen molar-refractivity contribution in [3.63, 3.8) is 0 Å². The van der Waals surface area contributed by atoms with Crippen LogP contribution in [0.25, 0.3) is 0 Å². The van der Waals surface area contributed by atoms with Gasteiger partial charge in [-0.1, -0.05) is 13.8 Å². The maximum Gasteiger partial charge on any atom is 0.0789 e. The highest BCUT2D eigenvalue weighted by molar-refractivity contribution is 4.83. The van der Waals surface area contributed by atoms with Crippen molar-refractivity contribution in [2.75, 3.05) is 26.2 Å². The molecular weight excluding hydrogens is 152 g/mol. The van der Waals surface area contributed by atoms with Crippen molar-refractivity contribution in [3.8, 4) is 0 Å². The van der Waals surface area contributed by atoms with Crippen LogP contribution in [0.4, 0.5) is 0 Å². The number of β-amino-alcohol motifs (C(OH)–C–C–N with tert-alkyl or cyclic N) is 1. The molecule has 0 radical (unpaired) electrons. The number of nitrogens with two attached hydrogens (primary N) is 1. The minimum Gasteiger partial charge on any atom is -0.390 e. The van der Waals surface area contributed by atoms with E-state index in [1.165, 1.54) is 6.42 Å². The highest BCUT2D eigenvalue weighted by Crippen LogP contribution is 2.28. The van der Waals surface area contributed by atoms with E-state index in [2.05, 4.69) is 18.7 Å². The number of rotatable bonds is 3. The van der Waals surface area contributed by atoms with Crippen LogP contribution in [-0.4, -0.2) is 42.3 Å². The molecule has 0 spiro atoms. The molecule has 0 aromatic carbocycles. The summed E-state index contributed by atoms with van der Waals surface area (Å²) in [6, 6.07) is 0. The van der Waals surface area contributed by atoms with Gasteiger partial charge in [0.15, 0.2) is 0 Å². The molecule has 1 heterocycles. The van der Waals surface area contributed by atoms with Gasteiger partial charge in [-0.2, -0.15) is 0 Å². The van der Waals surface area contributed by atoms with Crippen LogP contribution in [0, 0.1) is 5.41 Å². The van der Waals surface area contributed by atoms with Gasteiger partial charge in [0.2, 0.25) is 0 Å². The maximum absolute atomic E-state index is 9.32. The Kier molecular flexibility index (Phi) is 3.09. The van der Waals surface area contributed by atoms with E-state index in [0.29, 0.717) is 12.0 Å². The van der Waals surface area contributed by atoms with Gasteiger partial charge in [-0.25, -0.2) is 0 Å². The normalized spacial score (nSPS) is 26.0. The third-order valence-electron chi connectivity index (χ3n) is 2.50.